The van der Waals surface area contributed by atoms with Gasteiger partial charge >= 0.3 is 12.1 Å². The highest BCUT2D eigenvalue weighted by atomic mass is 33.1. The van der Waals surface area contributed by atoms with Gasteiger partial charge in [-0.15, -0.1) is 0 Å². The summed E-state index contributed by atoms with van der Waals surface area (Å²) >= 11 is 0. The summed E-state index contributed by atoms with van der Waals surface area (Å²) in [7, 11) is 3.43. The largest absolute Gasteiger partial charge is 0.462 e. The van der Waals surface area contributed by atoms with E-state index in [1.165, 1.54) is 0 Å². The van der Waals surface area contributed by atoms with Crippen LogP contribution in [0, 0.1) is 0 Å². The van der Waals surface area contributed by atoms with Crippen LogP contribution >= 0.6 is 21.6 Å². The Balaban J connectivity index is 0. The molecule has 0 spiro atoms. The zero-order valence-corrected chi connectivity index (χ0v) is 12.5. The van der Waals surface area contributed by atoms with E-state index in [2.05, 4.69) is 18.4 Å². The van der Waals surface area contributed by atoms with E-state index in [0.29, 0.717) is 18.4 Å². The second-order valence-corrected chi connectivity index (χ2v) is 5.93. The second kappa shape index (κ2) is 14.5. The Kier molecular flexibility index (Phi) is 16.0. The number of carbonyl (C=O) groups excluding carboxylic acids is 3. The molecule has 0 aliphatic rings. The Bertz CT molecular complexity index is 248. The van der Waals surface area contributed by atoms with Crippen molar-refractivity contribution >= 4 is 33.7 Å². The minimum Gasteiger partial charge on any atom is -0.462 e. The van der Waals surface area contributed by atoms with Gasteiger partial charge in [-0.05, 0) is 13.3 Å². The lowest BCUT2D eigenvalue weighted by atomic mass is 10.3. The fraction of sp³-hybridized carbons (Fsp3) is 0.800. The summed E-state index contributed by atoms with van der Waals surface area (Å²) < 4.78 is 4.87. The van der Waals surface area contributed by atoms with Crippen LogP contribution in [0.4, 0.5) is 0 Å². The number of hydrogen-bond donors (Lipinski definition) is 2. The van der Waals surface area contributed by atoms with E-state index in [0.717, 1.165) is 12.2 Å². The van der Waals surface area contributed by atoms with Crippen LogP contribution in [0.1, 0.15) is 20.3 Å². The van der Waals surface area contributed by atoms with Crippen molar-refractivity contribution in [3.05, 3.63) is 0 Å². The Morgan fingerprint density at radius 1 is 1.22 bits per heavy atom. The third-order valence-electron chi connectivity index (χ3n) is 1.85. The molecule has 8 heteroatoms. The number of quaternary nitrogens is 2. The summed E-state index contributed by atoms with van der Waals surface area (Å²) in [6, 6.07) is 0.237. The van der Waals surface area contributed by atoms with Crippen molar-refractivity contribution in [2.45, 2.75) is 32.4 Å². The number of hydrogen-bond acceptors (Lipinski definition) is 6. The molecule has 6 N–H and O–H groups in total. The van der Waals surface area contributed by atoms with E-state index < -0.39 is 0 Å². The maximum atomic E-state index is 11.2. The predicted octanol–water partition coefficient (Wildman–Crippen LogP) is -1.02. The Morgan fingerprint density at radius 3 is 2.17 bits per heavy atom. The van der Waals surface area contributed by atoms with Gasteiger partial charge in [-0.3, -0.25) is 0 Å². The molecule has 18 heavy (non-hydrogen) atoms. The van der Waals surface area contributed by atoms with Crippen LogP contribution in [0.3, 0.4) is 0 Å². The Labute approximate surface area is 115 Å². The van der Waals surface area contributed by atoms with Crippen LogP contribution in [0.2, 0.25) is 0 Å². The fourth-order valence-corrected chi connectivity index (χ4v) is 3.29. The van der Waals surface area contributed by atoms with Crippen molar-refractivity contribution in [3.8, 4) is 0 Å². The van der Waals surface area contributed by atoms with Crippen LogP contribution in [0.5, 0.6) is 0 Å². The van der Waals surface area contributed by atoms with Gasteiger partial charge in [0.2, 0.25) is 0 Å². The topological polar surface area (TPSA) is 116 Å². The van der Waals surface area contributed by atoms with E-state index >= 15 is 0 Å². The van der Waals surface area contributed by atoms with Gasteiger partial charge in [-0.25, -0.2) is 4.79 Å². The lowest BCUT2D eigenvalue weighted by molar-refractivity contribution is -0.412. The van der Waals surface area contributed by atoms with Crippen LogP contribution in [-0.2, 0) is 19.1 Å². The van der Waals surface area contributed by atoms with Crippen molar-refractivity contribution in [2.24, 2.45) is 0 Å². The van der Waals surface area contributed by atoms with Gasteiger partial charge in [0.05, 0.1) is 24.2 Å². The van der Waals surface area contributed by atoms with E-state index in [4.69, 9.17) is 14.3 Å². The van der Waals surface area contributed by atoms with Crippen LogP contribution < -0.4 is 11.5 Å². The number of carbonyl (C=O) groups is 1. The number of rotatable bonds is 8. The molecule has 0 bridgehead atoms. The van der Waals surface area contributed by atoms with Crippen LogP contribution in [0.25, 0.3) is 0 Å². The smallest absolute Gasteiger partial charge is 0.373 e. The first-order valence-electron chi connectivity index (χ1n) is 5.59. The van der Waals surface area contributed by atoms with Crippen molar-refractivity contribution in [1.82, 2.24) is 0 Å². The van der Waals surface area contributed by atoms with Gasteiger partial charge in [-0.1, -0.05) is 28.5 Å². The zero-order chi connectivity index (χ0) is 14.4. The summed E-state index contributed by atoms with van der Waals surface area (Å²) in [5.41, 5.74) is 7.77. The Morgan fingerprint density at radius 2 is 1.72 bits per heavy atom. The van der Waals surface area contributed by atoms with Gasteiger partial charge < -0.3 is 16.2 Å². The number of ether oxygens (including phenoxy) is 1. The summed E-state index contributed by atoms with van der Waals surface area (Å²) in [6.45, 7) is 4.37. The molecule has 0 fully saturated rings. The molecule has 2 unspecified atom stereocenters. The summed E-state index contributed by atoms with van der Waals surface area (Å²) in [5.74, 6) is 1.53. The van der Waals surface area contributed by atoms with Crippen molar-refractivity contribution < 1.29 is 30.6 Å². The van der Waals surface area contributed by atoms with Gasteiger partial charge in [0.15, 0.2) is 6.04 Å². The quantitative estimate of drug-likeness (QED) is 0.336. The maximum absolute atomic E-state index is 11.2. The highest BCUT2D eigenvalue weighted by Crippen LogP contribution is 2.22. The molecule has 106 valence electrons. The van der Waals surface area contributed by atoms with Gasteiger partial charge in [0.1, 0.15) is 0 Å². The zero-order valence-electron chi connectivity index (χ0n) is 10.8. The van der Waals surface area contributed by atoms with Crippen molar-refractivity contribution in [3.63, 3.8) is 0 Å². The van der Waals surface area contributed by atoms with Crippen molar-refractivity contribution in [2.75, 3.05) is 18.1 Å². The monoisotopic (exact) mass is 298 g/mol. The van der Waals surface area contributed by atoms with Gasteiger partial charge in [0, 0.05) is 0 Å². The fourth-order valence-electron chi connectivity index (χ4n) is 0.721. The highest BCUT2D eigenvalue weighted by molar-refractivity contribution is 8.76. The Hall–Kier alpha value is -0.530. The molecule has 0 radical (unpaired) electrons. The molecule has 0 aromatic carbocycles. The van der Waals surface area contributed by atoms with E-state index in [1.54, 1.807) is 28.5 Å². The first-order chi connectivity index (χ1) is 8.53. The molecule has 0 aromatic rings. The van der Waals surface area contributed by atoms with E-state index in [1.807, 2.05) is 0 Å². The average molecular weight is 298 g/mol. The van der Waals surface area contributed by atoms with Gasteiger partial charge in [-0.2, -0.15) is 9.59 Å². The SMILES string of the molecule is CCOC(=O)C([NH3+])CSSCC([NH3+])CC.O=C=O. The first kappa shape index (κ1) is 19.8. The molecule has 6 nitrogen and oxygen atoms in total. The maximum Gasteiger partial charge on any atom is 0.373 e. The molecular formula is C10H22N2O4S2+2. The molecule has 0 amide bonds. The lowest BCUT2D eigenvalue weighted by Gasteiger charge is -2.07. The molecule has 0 aliphatic heterocycles. The molecule has 0 rings (SSSR count). The summed E-state index contributed by atoms with van der Waals surface area (Å²) in [4.78, 5) is 27.5. The molecule has 0 saturated heterocycles. The minimum absolute atomic E-state index is 0.202. The normalized spacial score (nSPS) is 12.7. The molecule has 0 saturated carbocycles. The van der Waals surface area contributed by atoms with Crippen molar-refractivity contribution in [1.29, 1.82) is 0 Å². The van der Waals surface area contributed by atoms with Crippen LogP contribution in [-0.4, -0.2) is 42.3 Å². The minimum atomic E-state index is -0.257. The molecule has 0 aliphatic carbocycles. The van der Waals surface area contributed by atoms with Crippen LogP contribution in [0.15, 0.2) is 0 Å². The standard InChI is InChI=1S/C9H20N2O2S2.CO2/c1-3-7(10)5-14-15-6-8(11)9(12)13-4-2;2-1-3/h7-8H,3-6,10-11H2,1-2H3;/p+2. The molecular weight excluding hydrogens is 276 g/mol. The average Bonchev–Trinajstić information content (AvgIpc) is 2.35. The molecule has 0 aromatic heterocycles. The summed E-state index contributed by atoms with van der Waals surface area (Å²) in [6.07, 6.45) is 1.35. The number of esters is 1. The van der Waals surface area contributed by atoms with E-state index in [9.17, 15) is 4.79 Å². The highest BCUT2D eigenvalue weighted by Gasteiger charge is 2.18. The predicted molar refractivity (Wildman–Crippen MR) is 70.2 cm³/mol. The third kappa shape index (κ3) is 13.5. The summed E-state index contributed by atoms with van der Waals surface area (Å²) in [5, 5.41) is 0. The third-order valence-corrected chi connectivity index (χ3v) is 4.48. The molecule has 2 atom stereocenters. The second-order valence-electron chi connectivity index (χ2n) is 3.38. The van der Waals surface area contributed by atoms with E-state index in [-0.39, 0.29) is 18.2 Å². The molecule has 0 heterocycles. The first-order valence-corrected chi connectivity index (χ1v) is 8.08. The van der Waals surface area contributed by atoms with Gasteiger partial charge in [0.25, 0.3) is 0 Å². The lowest BCUT2D eigenvalue weighted by Crippen LogP contribution is -2.66.